The molecule has 0 radical (unpaired) electrons. The molecule has 0 unspecified atom stereocenters. The number of amides is 3. The third kappa shape index (κ3) is 5.59. The molecule has 126 valence electrons. The number of anilines is 1. The standard InChI is InChI=1S/C18H20ClN3O2/c1-12-3-5-14(6-4-12)10-20-18(24)21-11-17(23)22-16-8-7-15(19)9-13(16)2/h3-9H,10-11H2,1-2H3,(H,22,23)(H2,20,21,24). The largest absolute Gasteiger partial charge is 0.334 e. The van der Waals surface area contributed by atoms with Crippen molar-refractivity contribution in [2.45, 2.75) is 20.4 Å². The summed E-state index contributed by atoms with van der Waals surface area (Å²) in [7, 11) is 0. The minimum atomic E-state index is -0.390. The van der Waals surface area contributed by atoms with Crippen LogP contribution >= 0.6 is 11.6 Å². The molecule has 0 heterocycles. The maximum atomic E-state index is 11.9. The number of aryl methyl sites for hydroxylation is 2. The van der Waals surface area contributed by atoms with Gasteiger partial charge in [0.15, 0.2) is 0 Å². The van der Waals surface area contributed by atoms with Crippen molar-refractivity contribution in [1.29, 1.82) is 0 Å². The van der Waals surface area contributed by atoms with Crippen LogP contribution in [-0.2, 0) is 11.3 Å². The summed E-state index contributed by atoms with van der Waals surface area (Å²) < 4.78 is 0. The van der Waals surface area contributed by atoms with Gasteiger partial charge in [-0.05, 0) is 43.2 Å². The lowest BCUT2D eigenvalue weighted by Gasteiger charge is -2.10. The van der Waals surface area contributed by atoms with Gasteiger partial charge in [-0.15, -0.1) is 0 Å². The minimum absolute atomic E-state index is 0.109. The zero-order chi connectivity index (χ0) is 17.5. The zero-order valence-corrected chi connectivity index (χ0v) is 14.4. The summed E-state index contributed by atoms with van der Waals surface area (Å²) in [6.07, 6.45) is 0. The van der Waals surface area contributed by atoms with Crippen LogP contribution in [0.3, 0.4) is 0 Å². The number of carbonyl (C=O) groups is 2. The van der Waals surface area contributed by atoms with Crippen molar-refractivity contribution >= 4 is 29.2 Å². The quantitative estimate of drug-likeness (QED) is 0.777. The van der Waals surface area contributed by atoms with E-state index in [9.17, 15) is 9.59 Å². The smallest absolute Gasteiger partial charge is 0.315 e. The van der Waals surface area contributed by atoms with Gasteiger partial charge in [-0.25, -0.2) is 4.79 Å². The van der Waals surface area contributed by atoms with Gasteiger partial charge < -0.3 is 16.0 Å². The topological polar surface area (TPSA) is 70.2 Å². The first-order valence-electron chi connectivity index (χ1n) is 7.57. The van der Waals surface area contributed by atoms with Crippen LogP contribution in [0.1, 0.15) is 16.7 Å². The number of rotatable bonds is 5. The van der Waals surface area contributed by atoms with Crippen LogP contribution in [0, 0.1) is 13.8 Å². The number of hydrogen-bond acceptors (Lipinski definition) is 2. The molecule has 0 saturated carbocycles. The van der Waals surface area contributed by atoms with Crippen LogP contribution in [-0.4, -0.2) is 18.5 Å². The van der Waals surface area contributed by atoms with Crippen LogP contribution < -0.4 is 16.0 Å². The molecule has 2 aromatic rings. The van der Waals surface area contributed by atoms with Crippen molar-refractivity contribution in [3.05, 3.63) is 64.2 Å². The van der Waals surface area contributed by atoms with E-state index in [0.29, 0.717) is 17.3 Å². The van der Waals surface area contributed by atoms with Gasteiger partial charge in [0.25, 0.3) is 0 Å². The molecule has 0 atom stereocenters. The first-order valence-corrected chi connectivity index (χ1v) is 7.95. The van der Waals surface area contributed by atoms with E-state index < -0.39 is 6.03 Å². The lowest BCUT2D eigenvalue weighted by atomic mass is 10.1. The molecular formula is C18H20ClN3O2. The summed E-state index contributed by atoms with van der Waals surface area (Å²) in [6, 6.07) is 12.7. The average Bonchev–Trinajstić information content (AvgIpc) is 2.55. The van der Waals surface area contributed by atoms with Gasteiger partial charge in [0.1, 0.15) is 0 Å². The van der Waals surface area contributed by atoms with E-state index in [0.717, 1.165) is 16.7 Å². The molecule has 0 spiro atoms. The Kier molecular flexibility index (Phi) is 6.21. The molecule has 0 bridgehead atoms. The highest BCUT2D eigenvalue weighted by atomic mass is 35.5. The second-order valence-corrected chi connectivity index (χ2v) is 5.97. The summed E-state index contributed by atoms with van der Waals surface area (Å²) in [5.74, 6) is -0.300. The van der Waals surface area contributed by atoms with Gasteiger partial charge in [-0.2, -0.15) is 0 Å². The average molecular weight is 346 g/mol. The fraction of sp³-hybridized carbons (Fsp3) is 0.222. The normalized spacial score (nSPS) is 10.1. The second-order valence-electron chi connectivity index (χ2n) is 5.53. The minimum Gasteiger partial charge on any atom is -0.334 e. The molecule has 0 aliphatic rings. The van der Waals surface area contributed by atoms with Crippen molar-refractivity contribution in [2.75, 3.05) is 11.9 Å². The Bertz CT molecular complexity index is 730. The van der Waals surface area contributed by atoms with E-state index >= 15 is 0 Å². The van der Waals surface area contributed by atoms with Gasteiger partial charge in [0, 0.05) is 17.3 Å². The molecule has 3 N–H and O–H groups in total. The molecule has 0 aliphatic carbocycles. The molecule has 6 heteroatoms. The number of halogens is 1. The highest BCUT2D eigenvalue weighted by Gasteiger charge is 2.07. The van der Waals surface area contributed by atoms with Gasteiger partial charge in [-0.3, -0.25) is 4.79 Å². The highest BCUT2D eigenvalue weighted by molar-refractivity contribution is 6.30. The lowest BCUT2D eigenvalue weighted by Crippen LogP contribution is -2.39. The van der Waals surface area contributed by atoms with Crippen LogP contribution in [0.15, 0.2) is 42.5 Å². The van der Waals surface area contributed by atoms with Crippen LogP contribution in [0.2, 0.25) is 5.02 Å². The molecule has 3 amide bonds. The molecule has 0 fully saturated rings. The Morgan fingerprint density at radius 2 is 1.71 bits per heavy atom. The third-order valence-corrected chi connectivity index (χ3v) is 3.68. The van der Waals surface area contributed by atoms with Crippen LogP contribution in [0.4, 0.5) is 10.5 Å². The zero-order valence-electron chi connectivity index (χ0n) is 13.7. The number of carbonyl (C=O) groups excluding carboxylic acids is 2. The molecular weight excluding hydrogens is 326 g/mol. The molecule has 0 aliphatic heterocycles. The molecule has 2 rings (SSSR count). The van der Waals surface area contributed by atoms with E-state index in [4.69, 9.17) is 11.6 Å². The SMILES string of the molecule is Cc1ccc(CNC(=O)NCC(=O)Nc2ccc(Cl)cc2C)cc1. The third-order valence-electron chi connectivity index (χ3n) is 3.45. The van der Waals surface area contributed by atoms with Crippen molar-refractivity contribution in [3.63, 3.8) is 0 Å². The Hall–Kier alpha value is -2.53. The van der Waals surface area contributed by atoms with E-state index in [1.54, 1.807) is 18.2 Å². The van der Waals surface area contributed by atoms with Gasteiger partial charge in [-0.1, -0.05) is 41.4 Å². The van der Waals surface area contributed by atoms with Crippen molar-refractivity contribution in [1.82, 2.24) is 10.6 Å². The predicted octanol–water partition coefficient (Wildman–Crippen LogP) is 3.39. The fourth-order valence-corrected chi connectivity index (χ4v) is 2.30. The second kappa shape index (κ2) is 8.36. The molecule has 5 nitrogen and oxygen atoms in total. The Morgan fingerprint density at radius 3 is 2.38 bits per heavy atom. The number of hydrogen-bond donors (Lipinski definition) is 3. The number of benzene rings is 2. The van der Waals surface area contributed by atoms with E-state index in [-0.39, 0.29) is 12.5 Å². The highest BCUT2D eigenvalue weighted by Crippen LogP contribution is 2.19. The maximum Gasteiger partial charge on any atom is 0.315 e. The summed E-state index contributed by atoms with van der Waals surface area (Å²) >= 11 is 5.87. The first kappa shape index (κ1) is 17.8. The summed E-state index contributed by atoms with van der Waals surface area (Å²) in [6.45, 7) is 4.15. The molecule has 0 saturated heterocycles. The number of urea groups is 1. The van der Waals surface area contributed by atoms with Crippen LogP contribution in [0.25, 0.3) is 0 Å². The summed E-state index contributed by atoms with van der Waals surface area (Å²) in [5, 5.41) is 8.58. The van der Waals surface area contributed by atoms with Gasteiger partial charge in [0.05, 0.1) is 6.54 Å². The molecule has 0 aromatic heterocycles. The summed E-state index contributed by atoms with van der Waals surface area (Å²) in [4.78, 5) is 23.6. The Balaban J connectivity index is 1.74. The van der Waals surface area contributed by atoms with E-state index in [1.165, 1.54) is 0 Å². The van der Waals surface area contributed by atoms with Crippen molar-refractivity contribution in [2.24, 2.45) is 0 Å². The predicted molar refractivity (Wildman–Crippen MR) is 96.2 cm³/mol. The van der Waals surface area contributed by atoms with Gasteiger partial charge in [0.2, 0.25) is 5.91 Å². The van der Waals surface area contributed by atoms with E-state index in [2.05, 4.69) is 16.0 Å². The maximum absolute atomic E-state index is 11.9. The van der Waals surface area contributed by atoms with Crippen molar-refractivity contribution in [3.8, 4) is 0 Å². The monoisotopic (exact) mass is 345 g/mol. The van der Waals surface area contributed by atoms with E-state index in [1.807, 2.05) is 38.1 Å². The fourth-order valence-electron chi connectivity index (χ4n) is 2.07. The molecule has 24 heavy (non-hydrogen) atoms. The first-order chi connectivity index (χ1) is 11.4. The van der Waals surface area contributed by atoms with Gasteiger partial charge >= 0.3 is 6.03 Å². The van der Waals surface area contributed by atoms with Crippen molar-refractivity contribution < 1.29 is 9.59 Å². The lowest BCUT2D eigenvalue weighted by molar-refractivity contribution is -0.115. The summed E-state index contributed by atoms with van der Waals surface area (Å²) in [5.41, 5.74) is 3.69. The Labute approximate surface area is 146 Å². The Morgan fingerprint density at radius 1 is 1.00 bits per heavy atom. The number of nitrogens with one attached hydrogen (secondary N) is 3. The molecule has 2 aromatic carbocycles. The van der Waals surface area contributed by atoms with Crippen LogP contribution in [0.5, 0.6) is 0 Å².